The van der Waals surface area contributed by atoms with Crippen LogP contribution >= 0.6 is 35.0 Å². The number of aryl methyl sites for hydroxylation is 1. The zero-order chi connectivity index (χ0) is 13.5. The van der Waals surface area contributed by atoms with Crippen LogP contribution in [0, 0.1) is 0 Å². The van der Waals surface area contributed by atoms with E-state index in [1.807, 2.05) is 23.9 Å². The van der Waals surface area contributed by atoms with Crippen LogP contribution in [0.3, 0.4) is 0 Å². The van der Waals surface area contributed by atoms with Crippen molar-refractivity contribution in [3.05, 3.63) is 29.0 Å². The molecule has 2 aromatic rings. The van der Waals surface area contributed by atoms with Crippen molar-refractivity contribution in [2.45, 2.75) is 30.6 Å². The standard InChI is InChI=1S/C14H16Cl2N2S/c1-19-14(5-6-14)9-18-12-3-2-10(16)8-11(12)17-13(18)4-7-15/h2-3,8H,4-7,9H2,1H3. The molecule has 0 aliphatic heterocycles. The highest BCUT2D eigenvalue weighted by Gasteiger charge is 2.42. The average Bonchev–Trinajstić information content (AvgIpc) is 3.10. The zero-order valence-corrected chi connectivity index (χ0v) is 13.2. The molecule has 0 radical (unpaired) electrons. The largest absolute Gasteiger partial charge is 0.327 e. The third kappa shape index (κ3) is 2.61. The lowest BCUT2D eigenvalue weighted by Gasteiger charge is -2.16. The summed E-state index contributed by atoms with van der Waals surface area (Å²) < 4.78 is 2.74. The quantitative estimate of drug-likeness (QED) is 0.763. The Morgan fingerprint density at radius 3 is 2.84 bits per heavy atom. The minimum atomic E-state index is 0.411. The second-order valence-electron chi connectivity index (χ2n) is 5.07. The molecule has 3 rings (SSSR count). The molecule has 1 aromatic heterocycles. The monoisotopic (exact) mass is 314 g/mol. The molecular weight excluding hydrogens is 299 g/mol. The van der Waals surface area contributed by atoms with Crippen LogP contribution < -0.4 is 0 Å². The van der Waals surface area contributed by atoms with Crippen molar-refractivity contribution in [1.29, 1.82) is 0 Å². The summed E-state index contributed by atoms with van der Waals surface area (Å²) in [4.78, 5) is 4.69. The molecule has 1 aliphatic rings. The van der Waals surface area contributed by atoms with E-state index in [0.717, 1.165) is 29.3 Å². The van der Waals surface area contributed by atoms with Crippen LogP contribution in [0.1, 0.15) is 18.7 Å². The fourth-order valence-electron chi connectivity index (χ4n) is 2.46. The van der Waals surface area contributed by atoms with Gasteiger partial charge in [0.15, 0.2) is 0 Å². The molecule has 0 bridgehead atoms. The molecule has 0 N–H and O–H groups in total. The molecule has 1 aliphatic carbocycles. The van der Waals surface area contributed by atoms with Gasteiger partial charge in [-0.3, -0.25) is 0 Å². The summed E-state index contributed by atoms with van der Waals surface area (Å²) >= 11 is 13.9. The lowest BCUT2D eigenvalue weighted by Crippen LogP contribution is -2.16. The number of nitrogens with zero attached hydrogens (tertiary/aromatic N) is 2. The first-order chi connectivity index (χ1) is 9.17. The minimum absolute atomic E-state index is 0.411. The van der Waals surface area contributed by atoms with Crippen LogP contribution in [0.2, 0.25) is 5.02 Å². The molecule has 0 saturated heterocycles. The fourth-order valence-corrected chi connectivity index (χ4v) is 3.56. The van der Waals surface area contributed by atoms with Crippen molar-refractivity contribution in [1.82, 2.24) is 9.55 Å². The maximum absolute atomic E-state index is 6.05. The molecule has 2 nitrogen and oxygen atoms in total. The summed E-state index contributed by atoms with van der Waals surface area (Å²) in [5.41, 5.74) is 2.15. The summed E-state index contributed by atoms with van der Waals surface area (Å²) in [6.07, 6.45) is 5.59. The predicted molar refractivity (Wildman–Crippen MR) is 84.6 cm³/mol. The van der Waals surface area contributed by atoms with Gasteiger partial charge in [0.1, 0.15) is 5.82 Å². The van der Waals surface area contributed by atoms with E-state index in [1.165, 1.54) is 18.4 Å². The minimum Gasteiger partial charge on any atom is -0.327 e. The van der Waals surface area contributed by atoms with Crippen LogP contribution in [0.25, 0.3) is 11.0 Å². The number of fused-ring (bicyclic) bond motifs is 1. The van der Waals surface area contributed by atoms with Crippen LogP contribution in [-0.2, 0) is 13.0 Å². The Balaban J connectivity index is 2.06. The summed E-state index contributed by atoms with van der Waals surface area (Å²) in [7, 11) is 0. The van der Waals surface area contributed by atoms with E-state index in [4.69, 9.17) is 28.2 Å². The number of imidazole rings is 1. The summed E-state index contributed by atoms with van der Waals surface area (Å²) in [6, 6.07) is 5.94. The summed E-state index contributed by atoms with van der Waals surface area (Å²) in [5.74, 6) is 1.68. The maximum atomic E-state index is 6.05. The van der Waals surface area contributed by atoms with Gasteiger partial charge >= 0.3 is 0 Å². The molecule has 0 amide bonds. The van der Waals surface area contributed by atoms with Crippen molar-refractivity contribution in [3.63, 3.8) is 0 Å². The number of halogens is 2. The van der Waals surface area contributed by atoms with Crippen molar-refractivity contribution in [3.8, 4) is 0 Å². The van der Waals surface area contributed by atoms with Gasteiger partial charge in [-0.1, -0.05) is 11.6 Å². The Morgan fingerprint density at radius 1 is 1.42 bits per heavy atom. The van der Waals surface area contributed by atoms with Gasteiger partial charge in [-0.05, 0) is 37.3 Å². The van der Waals surface area contributed by atoms with Gasteiger partial charge in [-0.2, -0.15) is 11.8 Å². The number of rotatable bonds is 5. The predicted octanol–water partition coefficient (Wildman–Crippen LogP) is 4.37. The van der Waals surface area contributed by atoms with E-state index in [0.29, 0.717) is 10.6 Å². The van der Waals surface area contributed by atoms with Gasteiger partial charge in [0.25, 0.3) is 0 Å². The molecule has 5 heteroatoms. The molecular formula is C14H16Cl2N2S. The second-order valence-corrected chi connectivity index (χ2v) is 7.16. The Hall–Kier alpha value is -0.380. The van der Waals surface area contributed by atoms with E-state index in [2.05, 4.69) is 16.9 Å². The van der Waals surface area contributed by atoms with E-state index >= 15 is 0 Å². The molecule has 1 aromatic carbocycles. The van der Waals surface area contributed by atoms with Crippen LogP contribution in [0.5, 0.6) is 0 Å². The maximum Gasteiger partial charge on any atom is 0.111 e. The smallest absolute Gasteiger partial charge is 0.111 e. The molecule has 1 heterocycles. The van der Waals surface area contributed by atoms with Gasteiger partial charge in [0.05, 0.1) is 11.0 Å². The van der Waals surface area contributed by atoms with Crippen LogP contribution in [0.4, 0.5) is 0 Å². The second kappa shape index (κ2) is 5.19. The molecule has 102 valence electrons. The Kier molecular flexibility index (Phi) is 3.71. The number of benzene rings is 1. The Labute approximate surface area is 127 Å². The van der Waals surface area contributed by atoms with Crippen molar-refractivity contribution >= 4 is 46.0 Å². The van der Waals surface area contributed by atoms with E-state index in [1.54, 1.807) is 0 Å². The highest BCUT2D eigenvalue weighted by Crippen LogP contribution is 2.49. The SMILES string of the molecule is CSC1(Cn2c(CCCl)nc3cc(Cl)ccc32)CC1. The summed E-state index contributed by atoms with van der Waals surface area (Å²) in [5, 5.41) is 0.737. The van der Waals surface area contributed by atoms with Crippen molar-refractivity contribution in [2.24, 2.45) is 0 Å². The fraction of sp³-hybridized carbons (Fsp3) is 0.500. The number of alkyl halides is 1. The third-order valence-electron chi connectivity index (χ3n) is 3.79. The van der Waals surface area contributed by atoms with Crippen molar-refractivity contribution in [2.75, 3.05) is 12.1 Å². The number of hydrogen-bond acceptors (Lipinski definition) is 2. The lowest BCUT2D eigenvalue weighted by atomic mass is 10.3. The van der Waals surface area contributed by atoms with Crippen molar-refractivity contribution < 1.29 is 0 Å². The lowest BCUT2D eigenvalue weighted by molar-refractivity contribution is 0.645. The Bertz CT molecular complexity index is 605. The highest BCUT2D eigenvalue weighted by atomic mass is 35.5. The molecule has 1 saturated carbocycles. The molecule has 0 unspecified atom stereocenters. The average molecular weight is 315 g/mol. The first-order valence-corrected chi connectivity index (χ1v) is 8.57. The van der Waals surface area contributed by atoms with E-state index in [9.17, 15) is 0 Å². The summed E-state index contributed by atoms with van der Waals surface area (Å²) in [6.45, 7) is 1.03. The third-order valence-corrected chi connectivity index (χ3v) is 5.62. The topological polar surface area (TPSA) is 17.8 Å². The van der Waals surface area contributed by atoms with Gasteiger partial charge in [0, 0.05) is 28.6 Å². The highest BCUT2D eigenvalue weighted by molar-refractivity contribution is 8.00. The Morgan fingerprint density at radius 2 is 2.21 bits per heavy atom. The molecule has 0 spiro atoms. The zero-order valence-electron chi connectivity index (χ0n) is 10.8. The first kappa shape index (κ1) is 13.6. The number of aromatic nitrogens is 2. The number of thioether (sulfide) groups is 1. The van der Waals surface area contributed by atoms with Gasteiger partial charge in [-0.15, -0.1) is 11.6 Å². The first-order valence-electron chi connectivity index (χ1n) is 6.43. The molecule has 1 fully saturated rings. The normalized spacial score (nSPS) is 17.0. The van der Waals surface area contributed by atoms with Gasteiger partial charge in [0.2, 0.25) is 0 Å². The van der Waals surface area contributed by atoms with Crippen LogP contribution in [-0.4, -0.2) is 26.4 Å². The van der Waals surface area contributed by atoms with Gasteiger partial charge < -0.3 is 4.57 Å². The van der Waals surface area contributed by atoms with Gasteiger partial charge in [-0.25, -0.2) is 4.98 Å². The molecule has 19 heavy (non-hydrogen) atoms. The molecule has 0 atom stereocenters. The van der Waals surface area contributed by atoms with E-state index in [-0.39, 0.29) is 0 Å². The van der Waals surface area contributed by atoms with Crippen LogP contribution in [0.15, 0.2) is 18.2 Å². The van der Waals surface area contributed by atoms with E-state index < -0.39 is 0 Å². The number of hydrogen-bond donors (Lipinski definition) is 0.